The Kier molecular flexibility index (Phi) is 4.03. The Morgan fingerprint density at radius 3 is 2.94 bits per heavy atom. The zero-order chi connectivity index (χ0) is 12.3. The SMILES string of the molecule is CC1CN(CC(C)(C#N)NC2CC2)CCCO1. The summed E-state index contributed by atoms with van der Waals surface area (Å²) in [6.45, 7) is 7.74. The topological polar surface area (TPSA) is 48.3 Å². The number of hydrogen-bond donors (Lipinski definition) is 1. The van der Waals surface area contributed by atoms with E-state index >= 15 is 0 Å². The molecule has 0 bridgehead atoms. The van der Waals surface area contributed by atoms with Gasteiger partial charge in [0.1, 0.15) is 5.54 Å². The summed E-state index contributed by atoms with van der Waals surface area (Å²) < 4.78 is 5.63. The fourth-order valence-corrected chi connectivity index (χ4v) is 2.46. The number of ether oxygens (including phenoxy) is 1. The van der Waals surface area contributed by atoms with E-state index in [1.54, 1.807) is 0 Å². The Bertz CT molecular complexity index is 298. The van der Waals surface area contributed by atoms with Crippen molar-refractivity contribution in [1.29, 1.82) is 5.26 Å². The van der Waals surface area contributed by atoms with Gasteiger partial charge >= 0.3 is 0 Å². The molecule has 1 aliphatic carbocycles. The third kappa shape index (κ3) is 3.95. The molecule has 1 saturated heterocycles. The van der Waals surface area contributed by atoms with Crippen LogP contribution < -0.4 is 5.32 Å². The summed E-state index contributed by atoms with van der Waals surface area (Å²) in [7, 11) is 0. The summed E-state index contributed by atoms with van der Waals surface area (Å²) in [4.78, 5) is 2.36. The highest BCUT2D eigenvalue weighted by Crippen LogP contribution is 2.23. The quantitative estimate of drug-likeness (QED) is 0.796. The number of hydrogen-bond acceptors (Lipinski definition) is 4. The molecule has 2 atom stereocenters. The Morgan fingerprint density at radius 1 is 1.53 bits per heavy atom. The van der Waals surface area contributed by atoms with Gasteiger partial charge in [0, 0.05) is 32.3 Å². The average molecular weight is 237 g/mol. The largest absolute Gasteiger partial charge is 0.377 e. The van der Waals surface area contributed by atoms with Gasteiger partial charge in [0.2, 0.25) is 0 Å². The fourth-order valence-electron chi connectivity index (χ4n) is 2.46. The lowest BCUT2D eigenvalue weighted by Gasteiger charge is -2.31. The molecule has 4 heteroatoms. The standard InChI is InChI=1S/C13H23N3O/c1-11-8-16(6-3-7-17-11)10-13(2,9-14)15-12-4-5-12/h11-12,15H,3-8,10H2,1-2H3. The van der Waals surface area contributed by atoms with Crippen LogP contribution in [0, 0.1) is 11.3 Å². The molecule has 0 radical (unpaired) electrons. The minimum atomic E-state index is -0.411. The van der Waals surface area contributed by atoms with Crippen LogP contribution in [-0.2, 0) is 4.74 Å². The molecular formula is C13H23N3O. The molecule has 0 aromatic carbocycles. The van der Waals surface area contributed by atoms with Crippen LogP contribution in [0.4, 0.5) is 0 Å². The molecule has 2 fully saturated rings. The highest BCUT2D eigenvalue weighted by atomic mass is 16.5. The second kappa shape index (κ2) is 5.34. The minimum absolute atomic E-state index is 0.279. The molecule has 0 spiro atoms. The average Bonchev–Trinajstić information content (AvgIpc) is 3.08. The third-order valence-corrected chi connectivity index (χ3v) is 3.42. The van der Waals surface area contributed by atoms with Crippen molar-refractivity contribution in [1.82, 2.24) is 10.2 Å². The zero-order valence-corrected chi connectivity index (χ0v) is 10.9. The first-order valence-corrected chi connectivity index (χ1v) is 6.64. The number of nitrogens with one attached hydrogen (secondary N) is 1. The van der Waals surface area contributed by atoms with Gasteiger partial charge in [-0.25, -0.2) is 0 Å². The summed E-state index contributed by atoms with van der Waals surface area (Å²) in [5.74, 6) is 0. The van der Waals surface area contributed by atoms with Gasteiger partial charge in [-0.05, 0) is 33.1 Å². The molecule has 0 aromatic heterocycles. The summed E-state index contributed by atoms with van der Waals surface area (Å²) in [5.41, 5.74) is -0.411. The van der Waals surface area contributed by atoms with E-state index in [9.17, 15) is 5.26 Å². The number of nitriles is 1. The van der Waals surface area contributed by atoms with E-state index in [1.165, 1.54) is 12.8 Å². The van der Waals surface area contributed by atoms with E-state index in [0.29, 0.717) is 6.04 Å². The normalized spacial score (nSPS) is 30.3. The zero-order valence-electron chi connectivity index (χ0n) is 10.9. The van der Waals surface area contributed by atoms with Gasteiger partial charge in [-0.2, -0.15) is 5.26 Å². The lowest BCUT2D eigenvalue weighted by molar-refractivity contribution is 0.0652. The van der Waals surface area contributed by atoms with E-state index in [0.717, 1.165) is 32.7 Å². The fraction of sp³-hybridized carbons (Fsp3) is 0.923. The van der Waals surface area contributed by atoms with E-state index in [-0.39, 0.29) is 6.10 Å². The van der Waals surface area contributed by atoms with Crippen molar-refractivity contribution in [2.75, 3.05) is 26.2 Å². The lowest BCUT2D eigenvalue weighted by atomic mass is 10.0. The van der Waals surface area contributed by atoms with Crippen LogP contribution in [0.2, 0.25) is 0 Å². The first kappa shape index (κ1) is 12.8. The first-order valence-electron chi connectivity index (χ1n) is 6.64. The molecule has 2 aliphatic rings. The Hall–Kier alpha value is -0.630. The molecule has 17 heavy (non-hydrogen) atoms. The molecule has 96 valence electrons. The van der Waals surface area contributed by atoms with Crippen LogP contribution >= 0.6 is 0 Å². The smallest absolute Gasteiger partial charge is 0.116 e. The van der Waals surface area contributed by atoms with Crippen molar-refractivity contribution in [2.24, 2.45) is 0 Å². The van der Waals surface area contributed by atoms with Crippen molar-refractivity contribution >= 4 is 0 Å². The van der Waals surface area contributed by atoms with Crippen LogP contribution in [0.25, 0.3) is 0 Å². The maximum Gasteiger partial charge on any atom is 0.116 e. The Labute approximate surface area is 104 Å². The predicted octanol–water partition coefficient (Wildman–Crippen LogP) is 1.13. The molecule has 4 nitrogen and oxygen atoms in total. The van der Waals surface area contributed by atoms with Crippen LogP contribution in [0.3, 0.4) is 0 Å². The molecule has 1 heterocycles. The van der Waals surface area contributed by atoms with Crippen molar-refractivity contribution < 1.29 is 4.74 Å². The van der Waals surface area contributed by atoms with Crippen LogP contribution in [0.5, 0.6) is 0 Å². The van der Waals surface area contributed by atoms with Gasteiger partial charge in [-0.1, -0.05) is 0 Å². The monoisotopic (exact) mass is 237 g/mol. The maximum absolute atomic E-state index is 9.36. The van der Waals surface area contributed by atoms with Gasteiger partial charge in [0.25, 0.3) is 0 Å². The molecule has 1 aliphatic heterocycles. The van der Waals surface area contributed by atoms with Crippen molar-refractivity contribution in [2.45, 2.75) is 50.8 Å². The highest BCUT2D eigenvalue weighted by Gasteiger charge is 2.34. The van der Waals surface area contributed by atoms with Crippen molar-refractivity contribution in [3.8, 4) is 6.07 Å². The molecular weight excluding hydrogens is 214 g/mol. The predicted molar refractivity (Wildman–Crippen MR) is 66.6 cm³/mol. The van der Waals surface area contributed by atoms with Gasteiger partial charge in [0.15, 0.2) is 0 Å². The molecule has 0 aromatic rings. The van der Waals surface area contributed by atoms with E-state index < -0.39 is 5.54 Å². The molecule has 2 rings (SSSR count). The maximum atomic E-state index is 9.36. The van der Waals surface area contributed by atoms with E-state index in [2.05, 4.69) is 23.2 Å². The molecule has 1 saturated carbocycles. The summed E-state index contributed by atoms with van der Waals surface area (Å²) in [6.07, 6.45) is 3.78. The Balaban J connectivity index is 1.89. The lowest BCUT2D eigenvalue weighted by Crippen LogP contribution is -2.52. The second-order valence-electron chi connectivity index (χ2n) is 5.63. The number of rotatable bonds is 4. The second-order valence-corrected chi connectivity index (χ2v) is 5.63. The molecule has 0 amide bonds. The van der Waals surface area contributed by atoms with Crippen molar-refractivity contribution in [3.63, 3.8) is 0 Å². The summed E-state index contributed by atoms with van der Waals surface area (Å²) in [5, 5.41) is 12.8. The van der Waals surface area contributed by atoms with Gasteiger partial charge < -0.3 is 4.74 Å². The summed E-state index contributed by atoms with van der Waals surface area (Å²) in [6, 6.07) is 3.01. The van der Waals surface area contributed by atoms with Crippen LogP contribution in [0.15, 0.2) is 0 Å². The Morgan fingerprint density at radius 2 is 2.29 bits per heavy atom. The highest BCUT2D eigenvalue weighted by molar-refractivity contribution is 5.09. The third-order valence-electron chi connectivity index (χ3n) is 3.42. The van der Waals surface area contributed by atoms with Crippen molar-refractivity contribution in [3.05, 3.63) is 0 Å². The van der Waals surface area contributed by atoms with Gasteiger partial charge in [-0.3, -0.25) is 10.2 Å². The number of nitrogens with zero attached hydrogens (tertiary/aromatic N) is 2. The minimum Gasteiger partial charge on any atom is -0.377 e. The first-order chi connectivity index (χ1) is 8.11. The summed E-state index contributed by atoms with van der Waals surface area (Å²) >= 11 is 0. The van der Waals surface area contributed by atoms with Gasteiger partial charge in [0.05, 0.1) is 12.2 Å². The van der Waals surface area contributed by atoms with Crippen LogP contribution in [-0.4, -0.2) is 48.8 Å². The van der Waals surface area contributed by atoms with Gasteiger partial charge in [-0.15, -0.1) is 0 Å². The molecule has 1 N–H and O–H groups in total. The van der Waals surface area contributed by atoms with E-state index in [4.69, 9.17) is 4.74 Å². The van der Waals surface area contributed by atoms with Crippen LogP contribution in [0.1, 0.15) is 33.1 Å². The molecule has 2 unspecified atom stereocenters. The van der Waals surface area contributed by atoms with E-state index in [1.807, 2.05) is 6.92 Å².